The zero-order valence-electron chi connectivity index (χ0n) is 14.9. The lowest BCUT2D eigenvalue weighted by atomic mass is 10.0. The van der Waals surface area contributed by atoms with Crippen molar-refractivity contribution in [2.24, 2.45) is 0 Å². The van der Waals surface area contributed by atoms with Crippen LogP contribution >= 0.6 is 12.4 Å². The average molecular weight is 370 g/mol. The molecule has 0 bridgehead atoms. The second-order valence-corrected chi connectivity index (χ2v) is 6.52. The van der Waals surface area contributed by atoms with E-state index in [-0.39, 0.29) is 30.4 Å². The first-order valence-corrected chi connectivity index (χ1v) is 8.71. The van der Waals surface area contributed by atoms with E-state index >= 15 is 0 Å². The molecule has 0 aliphatic carbocycles. The van der Waals surface area contributed by atoms with Gasteiger partial charge in [0.2, 0.25) is 5.91 Å². The van der Waals surface area contributed by atoms with E-state index in [0.717, 1.165) is 62.5 Å². The number of anilines is 1. The van der Waals surface area contributed by atoms with Gasteiger partial charge in [-0.3, -0.25) is 4.79 Å². The Kier molecular flexibility index (Phi) is 7.20. The minimum Gasteiger partial charge on any atom is -0.497 e. The molecule has 7 heteroatoms. The lowest BCUT2D eigenvalue weighted by Crippen LogP contribution is -2.50. The summed E-state index contributed by atoms with van der Waals surface area (Å²) in [5, 5.41) is 6.84. The van der Waals surface area contributed by atoms with Crippen LogP contribution in [-0.4, -0.2) is 56.7 Å². The van der Waals surface area contributed by atoms with Crippen LogP contribution in [0.4, 0.5) is 5.69 Å². The highest BCUT2D eigenvalue weighted by atomic mass is 35.5. The number of carbonyl (C=O) groups excluding carboxylic acids is 1. The number of piperidine rings is 1. The molecule has 1 aromatic rings. The van der Waals surface area contributed by atoms with Gasteiger partial charge in [0.1, 0.15) is 11.5 Å². The summed E-state index contributed by atoms with van der Waals surface area (Å²) in [6.07, 6.45) is 4.13. The van der Waals surface area contributed by atoms with Crippen molar-refractivity contribution in [3.05, 3.63) is 18.2 Å². The average Bonchev–Trinajstić information content (AvgIpc) is 3.15. The third kappa shape index (κ3) is 4.92. The molecule has 1 amide bonds. The summed E-state index contributed by atoms with van der Waals surface area (Å²) in [5.41, 5.74) is 0.962. The molecule has 6 nitrogen and oxygen atoms in total. The zero-order chi connectivity index (χ0) is 16.9. The SMILES string of the molecule is COc1cc(NC2CCCN(C(=O)C3CCCN3)C2)cc(OC)c1.Cl. The second kappa shape index (κ2) is 9.15. The minimum atomic E-state index is 0. The number of rotatable bonds is 5. The maximum atomic E-state index is 12.6. The van der Waals surface area contributed by atoms with E-state index in [1.807, 2.05) is 23.1 Å². The quantitative estimate of drug-likeness (QED) is 0.833. The normalized spacial score (nSPS) is 22.9. The number of nitrogens with one attached hydrogen (secondary N) is 2. The highest BCUT2D eigenvalue weighted by Gasteiger charge is 2.30. The van der Waals surface area contributed by atoms with Crippen LogP contribution in [0.1, 0.15) is 25.7 Å². The molecule has 2 aliphatic rings. The van der Waals surface area contributed by atoms with E-state index in [2.05, 4.69) is 10.6 Å². The first kappa shape index (κ1) is 19.7. The third-order valence-corrected chi connectivity index (χ3v) is 4.81. The number of carbonyl (C=O) groups is 1. The van der Waals surface area contributed by atoms with Crippen molar-refractivity contribution in [2.45, 2.75) is 37.8 Å². The highest BCUT2D eigenvalue weighted by molar-refractivity contribution is 5.85. The van der Waals surface area contributed by atoms with Crippen molar-refractivity contribution in [3.63, 3.8) is 0 Å². The van der Waals surface area contributed by atoms with Crippen LogP contribution in [0.25, 0.3) is 0 Å². The van der Waals surface area contributed by atoms with Gasteiger partial charge in [0.25, 0.3) is 0 Å². The van der Waals surface area contributed by atoms with Gasteiger partial charge in [-0.25, -0.2) is 0 Å². The fraction of sp³-hybridized carbons (Fsp3) is 0.611. The van der Waals surface area contributed by atoms with E-state index in [1.165, 1.54) is 0 Å². The molecular formula is C18H28ClN3O3. The Labute approximate surface area is 155 Å². The summed E-state index contributed by atoms with van der Waals surface area (Å²) in [6, 6.07) is 6.04. The number of methoxy groups -OCH3 is 2. The summed E-state index contributed by atoms with van der Waals surface area (Å²) in [4.78, 5) is 14.6. The summed E-state index contributed by atoms with van der Waals surface area (Å²) in [6.45, 7) is 2.56. The maximum Gasteiger partial charge on any atom is 0.239 e. The van der Waals surface area contributed by atoms with E-state index < -0.39 is 0 Å². The van der Waals surface area contributed by atoms with Gasteiger partial charge in [-0.05, 0) is 32.2 Å². The summed E-state index contributed by atoms with van der Waals surface area (Å²) < 4.78 is 10.6. The number of halogens is 1. The highest BCUT2D eigenvalue weighted by Crippen LogP contribution is 2.27. The molecule has 1 aromatic carbocycles. The first-order chi connectivity index (χ1) is 11.7. The van der Waals surface area contributed by atoms with E-state index in [9.17, 15) is 4.79 Å². The van der Waals surface area contributed by atoms with E-state index in [1.54, 1.807) is 14.2 Å². The van der Waals surface area contributed by atoms with Crippen LogP contribution in [0.5, 0.6) is 11.5 Å². The molecule has 140 valence electrons. The third-order valence-electron chi connectivity index (χ3n) is 4.81. The molecule has 0 spiro atoms. The van der Waals surface area contributed by atoms with E-state index in [4.69, 9.17) is 9.47 Å². The van der Waals surface area contributed by atoms with Crippen LogP contribution in [0.2, 0.25) is 0 Å². The number of hydrogen-bond donors (Lipinski definition) is 2. The van der Waals surface area contributed by atoms with E-state index in [0.29, 0.717) is 0 Å². The lowest BCUT2D eigenvalue weighted by Gasteiger charge is -2.35. The monoisotopic (exact) mass is 369 g/mol. The van der Waals surface area contributed by atoms with Crippen molar-refractivity contribution >= 4 is 24.0 Å². The Hall–Kier alpha value is -1.66. The van der Waals surface area contributed by atoms with Crippen LogP contribution < -0.4 is 20.1 Å². The van der Waals surface area contributed by atoms with Gasteiger partial charge in [0.15, 0.2) is 0 Å². The van der Waals surface area contributed by atoms with Crippen molar-refractivity contribution in [3.8, 4) is 11.5 Å². The molecule has 0 radical (unpaired) electrons. The number of nitrogens with zero attached hydrogens (tertiary/aromatic N) is 1. The minimum absolute atomic E-state index is 0. The molecule has 2 N–H and O–H groups in total. The smallest absolute Gasteiger partial charge is 0.239 e. The Morgan fingerprint density at radius 3 is 2.48 bits per heavy atom. The largest absolute Gasteiger partial charge is 0.497 e. The molecule has 2 aliphatic heterocycles. The summed E-state index contributed by atoms with van der Waals surface area (Å²) >= 11 is 0. The van der Waals surface area contributed by atoms with Gasteiger partial charge >= 0.3 is 0 Å². The number of ether oxygens (including phenoxy) is 2. The van der Waals surface area contributed by atoms with Gasteiger partial charge in [0.05, 0.1) is 20.3 Å². The standard InChI is InChI=1S/C18H27N3O3.ClH/c1-23-15-9-14(10-16(11-15)24-2)20-13-5-4-8-21(12-13)18(22)17-6-3-7-19-17;/h9-11,13,17,19-20H,3-8,12H2,1-2H3;1H. The van der Waals surface area contributed by atoms with Crippen LogP contribution in [0.15, 0.2) is 18.2 Å². The molecule has 2 atom stereocenters. The van der Waals surface area contributed by atoms with Gasteiger partial charge in [-0.15, -0.1) is 12.4 Å². The van der Waals surface area contributed by atoms with Gasteiger partial charge in [-0.2, -0.15) is 0 Å². The number of hydrogen-bond acceptors (Lipinski definition) is 5. The fourth-order valence-corrected chi connectivity index (χ4v) is 3.54. The van der Waals surface area contributed by atoms with Gasteiger partial charge in [0, 0.05) is 43.0 Å². The van der Waals surface area contributed by atoms with Crippen LogP contribution in [0.3, 0.4) is 0 Å². The Bertz CT molecular complexity index is 556. The lowest BCUT2D eigenvalue weighted by molar-refractivity contribution is -0.134. The molecule has 3 rings (SSSR count). The predicted molar refractivity (Wildman–Crippen MR) is 101 cm³/mol. The number of amides is 1. The fourth-order valence-electron chi connectivity index (χ4n) is 3.54. The predicted octanol–water partition coefficient (Wildman–Crippen LogP) is 2.28. The van der Waals surface area contributed by atoms with Crippen molar-refractivity contribution in [2.75, 3.05) is 39.2 Å². The van der Waals surface area contributed by atoms with Crippen molar-refractivity contribution in [1.82, 2.24) is 10.2 Å². The van der Waals surface area contributed by atoms with Crippen molar-refractivity contribution < 1.29 is 14.3 Å². The number of likely N-dealkylation sites (tertiary alicyclic amines) is 1. The second-order valence-electron chi connectivity index (χ2n) is 6.52. The Balaban J connectivity index is 0.00000225. The Morgan fingerprint density at radius 2 is 1.88 bits per heavy atom. The summed E-state index contributed by atoms with van der Waals surface area (Å²) in [5.74, 6) is 1.77. The summed E-state index contributed by atoms with van der Waals surface area (Å²) in [7, 11) is 3.29. The van der Waals surface area contributed by atoms with Crippen LogP contribution in [0, 0.1) is 0 Å². The molecular weight excluding hydrogens is 342 g/mol. The van der Waals surface area contributed by atoms with Gasteiger partial charge < -0.3 is 25.0 Å². The molecule has 2 unspecified atom stereocenters. The van der Waals surface area contributed by atoms with Gasteiger partial charge in [-0.1, -0.05) is 0 Å². The first-order valence-electron chi connectivity index (χ1n) is 8.71. The zero-order valence-corrected chi connectivity index (χ0v) is 15.7. The molecule has 0 aromatic heterocycles. The van der Waals surface area contributed by atoms with Crippen LogP contribution in [-0.2, 0) is 4.79 Å². The molecule has 2 fully saturated rings. The number of benzene rings is 1. The molecule has 2 heterocycles. The maximum absolute atomic E-state index is 12.6. The molecule has 25 heavy (non-hydrogen) atoms. The topological polar surface area (TPSA) is 62.8 Å². The Morgan fingerprint density at radius 1 is 1.16 bits per heavy atom. The molecule has 0 saturated carbocycles. The molecule has 2 saturated heterocycles. The van der Waals surface area contributed by atoms with Crippen molar-refractivity contribution in [1.29, 1.82) is 0 Å².